The van der Waals surface area contributed by atoms with E-state index in [0.29, 0.717) is 11.9 Å². The molecule has 1 saturated carbocycles. The van der Waals surface area contributed by atoms with Crippen LogP contribution in [-0.2, 0) is 0 Å². The second-order valence-corrected chi connectivity index (χ2v) is 5.06. The van der Waals surface area contributed by atoms with Gasteiger partial charge in [-0.1, -0.05) is 0 Å². The first-order valence-electron chi connectivity index (χ1n) is 6.20. The van der Waals surface area contributed by atoms with Gasteiger partial charge in [0.2, 0.25) is 5.88 Å². The predicted octanol–water partition coefficient (Wildman–Crippen LogP) is 0.893. The maximum absolute atomic E-state index is 5.55. The van der Waals surface area contributed by atoms with Crippen molar-refractivity contribution in [1.82, 2.24) is 15.3 Å². The van der Waals surface area contributed by atoms with Crippen molar-refractivity contribution < 1.29 is 4.74 Å². The van der Waals surface area contributed by atoms with E-state index in [-0.39, 0.29) is 6.10 Å². The van der Waals surface area contributed by atoms with Gasteiger partial charge in [-0.3, -0.25) is 0 Å². The van der Waals surface area contributed by atoms with Crippen LogP contribution < -0.4 is 15.4 Å². The quantitative estimate of drug-likeness (QED) is 0.810. The number of nitrogens with zero attached hydrogens (tertiary/aromatic N) is 2. The largest absolute Gasteiger partial charge is 0.475 e. The van der Waals surface area contributed by atoms with Gasteiger partial charge in [-0.15, -0.1) is 0 Å². The molecule has 5 nitrogen and oxygen atoms in total. The molecule has 2 fully saturated rings. The van der Waals surface area contributed by atoms with Crippen molar-refractivity contribution in [2.45, 2.75) is 26.0 Å². The minimum Gasteiger partial charge on any atom is -0.475 e. The average molecular weight is 234 g/mol. The molecule has 2 heterocycles. The van der Waals surface area contributed by atoms with Crippen LogP contribution in [0.2, 0.25) is 0 Å². The van der Waals surface area contributed by atoms with Crippen LogP contribution >= 0.6 is 0 Å². The molecule has 0 aromatic carbocycles. The van der Waals surface area contributed by atoms with Crippen LogP contribution in [0, 0.1) is 11.8 Å². The third-order valence-corrected chi connectivity index (χ3v) is 3.40. The lowest BCUT2D eigenvalue weighted by Crippen LogP contribution is -2.21. The smallest absolute Gasteiger partial charge is 0.218 e. The van der Waals surface area contributed by atoms with Crippen molar-refractivity contribution in [1.29, 1.82) is 0 Å². The minimum atomic E-state index is 0.141. The topological polar surface area (TPSA) is 59.1 Å². The number of piperidine rings is 1. The summed E-state index contributed by atoms with van der Waals surface area (Å²) in [5.74, 6) is 3.07. The van der Waals surface area contributed by atoms with E-state index in [1.165, 1.54) is 0 Å². The summed E-state index contributed by atoms with van der Waals surface area (Å²) in [5, 5.41) is 6.84. The van der Waals surface area contributed by atoms with Crippen molar-refractivity contribution in [2.75, 3.05) is 18.4 Å². The van der Waals surface area contributed by atoms with Gasteiger partial charge < -0.3 is 15.4 Å². The average Bonchev–Trinajstić information content (AvgIpc) is 2.74. The van der Waals surface area contributed by atoms with E-state index >= 15 is 0 Å². The molecule has 2 atom stereocenters. The van der Waals surface area contributed by atoms with Crippen LogP contribution in [0.1, 0.15) is 13.8 Å². The minimum absolute atomic E-state index is 0.141. The Hall–Kier alpha value is -1.36. The van der Waals surface area contributed by atoms with Gasteiger partial charge in [0.15, 0.2) is 0 Å². The Labute approximate surface area is 101 Å². The highest BCUT2D eigenvalue weighted by molar-refractivity contribution is 5.41. The number of hydrogen-bond acceptors (Lipinski definition) is 5. The van der Waals surface area contributed by atoms with Crippen molar-refractivity contribution in [3.05, 3.63) is 12.4 Å². The molecular weight excluding hydrogens is 216 g/mol. The third kappa shape index (κ3) is 2.20. The van der Waals surface area contributed by atoms with Gasteiger partial charge in [-0.2, -0.15) is 0 Å². The van der Waals surface area contributed by atoms with E-state index in [9.17, 15) is 0 Å². The molecule has 2 N–H and O–H groups in total. The predicted molar refractivity (Wildman–Crippen MR) is 65.1 cm³/mol. The fraction of sp³-hybridized carbons (Fsp3) is 0.667. The Bertz CT molecular complexity index is 399. The molecule has 5 heteroatoms. The summed E-state index contributed by atoms with van der Waals surface area (Å²) in [6.45, 7) is 6.24. The van der Waals surface area contributed by atoms with Crippen molar-refractivity contribution in [2.24, 2.45) is 11.8 Å². The van der Waals surface area contributed by atoms with Gasteiger partial charge in [0.05, 0.1) is 6.10 Å². The van der Waals surface area contributed by atoms with Crippen LogP contribution in [-0.4, -0.2) is 35.2 Å². The first-order valence-corrected chi connectivity index (χ1v) is 6.20. The zero-order valence-electron chi connectivity index (χ0n) is 10.2. The maximum Gasteiger partial charge on any atom is 0.218 e. The number of fused-ring (bicyclic) bond motifs is 1. The lowest BCUT2D eigenvalue weighted by Gasteiger charge is -2.11. The highest BCUT2D eigenvalue weighted by Crippen LogP contribution is 2.43. The maximum atomic E-state index is 5.55. The molecule has 92 valence electrons. The number of anilines is 1. The fourth-order valence-corrected chi connectivity index (χ4v) is 2.53. The highest BCUT2D eigenvalue weighted by Gasteiger charge is 2.53. The molecule has 1 saturated heterocycles. The summed E-state index contributed by atoms with van der Waals surface area (Å²) in [6, 6.07) is 2.46. The second kappa shape index (κ2) is 4.14. The number of aromatic nitrogens is 2. The summed E-state index contributed by atoms with van der Waals surface area (Å²) in [6.07, 6.45) is 1.69. The van der Waals surface area contributed by atoms with Gasteiger partial charge in [-0.25, -0.2) is 9.97 Å². The zero-order valence-corrected chi connectivity index (χ0v) is 10.2. The normalized spacial score (nSPS) is 30.2. The van der Waals surface area contributed by atoms with Crippen LogP contribution in [0.25, 0.3) is 0 Å². The summed E-state index contributed by atoms with van der Waals surface area (Å²) in [7, 11) is 0. The van der Waals surface area contributed by atoms with Crippen molar-refractivity contribution >= 4 is 5.82 Å². The molecule has 1 aromatic heterocycles. The lowest BCUT2D eigenvalue weighted by atomic mass is 10.4. The monoisotopic (exact) mass is 234 g/mol. The highest BCUT2D eigenvalue weighted by atomic mass is 16.5. The summed E-state index contributed by atoms with van der Waals surface area (Å²) < 4.78 is 5.55. The number of nitrogens with one attached hydrogen (secondary N) is 2. The molecule has 3 rings (SSSR count). The van der Waals surface area contributed by atoms with E-state index in [1.807, 2.05) is 19.9 Å². The van der Waals surface area contributed by atoms with E-state index in [4.69, 9.17) is 4.74 Å². The molecular formula is C12H18N4O. The lowest BCUT2D eigenvalue weighted by molar-refractivity contribution is 0.232. The van der Waals surface area contributed by atoms with Gasteiger partial charge in [0.25, 0.3) is 0 Å². The van der Waals surface area contributed by atoms with Crippen LogP contribution in [0.3, 0.4) is 0 Å². The molecule has 2 unspecified atom stereocenters. The van der Waals surface area contributed by atoms with E-state index in [0.717, 1.165) is 30.7 Å². The molecule has 0 bridgehead atoms. The Morgan fingerprint density at radius 2 is 2.12 bits per heavy atom. The fourth-order valence-electron chi connectivity index (χ4n) is 2.53. The Morgan fingerprint density at radius 3 is 2.82 bits per heavy atom. The van der Waals surface area contributed by atoms with Crippen LogP contribution in [0.4, 0.5) is 5.82 Å². The number of rotatable bonds is 4. The van der Waals surface area contributed by atoms with E-state index in [1.54, 1.807) is 6.33 Å². The summed E-state index contributed by atoms with van der Waals surface area (Å²) in [4.78, 5) is 8.33. The molecule has 1 aromatic rings. The number of ether oxygens (including phenoxy) is 1. The van der Waals surface area contributed by atoms with Crippen LogP contribution in [0.5, 0.6) is 5.88 Å². The van der Waals surface area contributed by atoms with E-state index < -0.39 is 0 Å². The van der Waals surface area contributed by atoms with Gasteiger partial charge in [-0.05, 0) is 25.7 Å². The summed E-state index contributed by atoms with van der Waals surface area (Å²) in [5.41, 5.74) is 0. The Kier molecular flexibility index (Phi) is 2.63. The van der Waals surface area contributed by atoms with Crippen LogP contribution in [0.15, 0.2) is 12.4 Å². The first kappa shape index (κ1) is 10.8. The molecule has 2 aliphatic rings. The third-order valence-electron chi connectivity index (χ3n) is 3.40. The molecule has 1 aliphatic heterocycles. The van der Waals surface area contributed by atoms with Gasteiger partial charge in [0.1, 0.15) is 12.1 Å². The summed E-state index contributed by atoms with van der Waals surface area (Å²) >= 11 is 0. The molecule has 1 aliphatic carbocycles. The first-order chi connectivity index (χ1) is 8.24. The molecule has 17 heavy (non-hydrogen) atoms. The van der Waals surface area contributed by atoms with Gasteiger partial charge >= 0.3 is 0 Å². The SMILES string of the molecule is CC(C)Oc1cc(NC2C3CNCC32)ncn1. The Morgan fingerprint density at radius 1 is 1.35 bits per heavy atom. The van der Waals surface area contributed by atoms with Crippen molar-refractivity contribution in [3.8, 4) is 5.88 Å². The second-order valence-electron chi connectivity index (χ2n) is 5.06. The molecule has 0 radical (unpaired) electrons. The van der Waals surface area contributed by atoms with Gasteiger partial charge in [0, 0.05) is 25.2 Å². The number of hydrogen-bond donors (Lipinski definition) is 2. The zero-order chi connectivity index (χ0) is 11.8. The molecule has 0 spiro atoms. The van der Waals surface area contributed by atoms with E-state index in [2.05, 4.69) is 20.6 Å². The van der Waals surface area contributed by atoms with Crippen molar-refractivity contribution in [3.63, 3.8) is 0 Å². The standard InChI is InChI=1S/C12H18N4O/c1-7(2)17-11-3-10(14-6-15-11)16-12-8-4-13-5-9(8)12/h3,6-9,12-13H,4-5H2,1-2H3,(H,14,15,16). The Balaban J connectivity index is 1.63. The molecule has 0 amide bonds.